The van der Waals surface area contributed by atoms with E-state index in [0.29, 0.717) is 5.75 Å². The zero-order chi connectivity index (χ0) is 11.0. The Bertz CT molecular complexity index is 292. The highest BCUT2D eigenvalue weighted by atomic mass is 32.2. The maximum absolute atomic E-state index is 11.3. The van der Waals surface area contributed by atoms with E-state index in [2.05, 4.69) is 26.2 Å². The first-order valence-electron chi connectivity index (χ1n) is 4.93. The van der Waals surface area contributed by atoms with Gasteiger partial charge in [0.05, 0.1) is 11.5 Å². The van der Waals surface area contributed by atoms with Crippen molar-refractivity contribution in [3.63, 3.8) is 0 Å². The minimum atomic E-state index is -2.81. The van der Waals surface area contributed by atoms with E-state index in [1.165, 1.54) is 0 Å². The lowest BCUT2D eigenvalue weighted by molar-refractivity contribution is 0.206. The number of nitrogens with one attached hydrogen (secondary N) is 1. The van der Waals surface area contributed by atoms with Crippen LogP contribution < -0.4 is 11.3 Å². The fourth-order valence-corrected chi connectivity index (χ4v) is 4.02. The number of nitrogens with two attached hydrogens (primary N) is 1. The predicted octanol–water partition coefficient (Wildman–Crippen LogP) is 0.299. The molecule has 1 fully saturated rings. The molecule has 3 N–H and O–H groups in total. The summed E-state index contributed by atoms with van der Waals surface area (Å²) in [5, 5.41) is 0. The molecule has 0 saturated carbocycles. The van der Waals surface area contributed by atoms with E-state index >= 15 is 0 Å². The molecule has 2 unspecified atom stereocenters. The van der Waals surface area contributed by atoms with Gasteiger partial charge in [-0.2, -0.15) is 0 Å². The standard InChI is InChI=1S/C9H20N2O2S/c1-9(2,3)8(11-10)7-4-5-14(12,13)6-7/h7-8,11H,4-6,10H2,1-3H3. The van der Waals surface area contributed by atoms with Crippen molar-refractivity contribution in [2.75, 3.05) is 11.5 Å². The molecule has 0 aliphatic carbocycles. The average molecular weight is 220 g/mol. The highest BCUT2D eigenvalue weighted by molar-refractivity contribution is 7.91. The molecule has 2 atom stereocenters. The van der Waals surface area contributed by atoms with Gasteiger partial charge in [0.1, 0.15) is 0 Å². The zero-order valence-corrected chi connectivity index (χ0v) is 9.89. The second-order valence-electron chi connectivity index (χ2n) is 5.17. The van der Waals surface area contributed by atoms with Crippen molar-refractivity contribution in [1.82, 2.24) is 5.43 Å². The fourth-order valence-electron chi connectivity index (χ4n) is 2.18. The van der Waals surface area contributed by atoms with Crippen LogP contribution in [0.3, 0.4) is 0 Å². The topological polar surface area (TPSA) is 72.2 Å². The molecule has 1 aliphatic heterocycles. The number of hydrazine groups is 1. The third kappa shape index (κ3) is 2.68. The third-order valence-electron chi connectivity index (χ3n) is 2.85. The van der Waals surface area contributed by atoms with Crippen molar-refractivity contribution in [2.24, 2.45) is 17.2 Å². The first kappa shape index (κ1) is 11.9. The van der Waals surface area contributed by atoms with Gasteiger partial charge in [-0.3, -0.25) is 11.3 Å². The van der Waals surface area contributed by atoms with Crippen LogP contribution in [0.5, 0.6) is 0 Å². The lowest BCUT2D eigenvalue weighted by Crippen LogP contribution is -2.49. The van der Waals surface area contributed by atoms with Crippen molar-refractivity contribution < 1.29 is 8.42 Å². The molecule has 0 amide bonds. The van der Waals surface area contributed by atoms with Crippen LogP contribution >= 0.6 is 0 Å². The van der Waals surface area contributed by atoms with Crippen molar-refractivity contribution in [3.05, 3.63) is 0 Å². The maximum atomic E-state index is 11.3. The van der Waals surface area contributed by atoms with Gasteiger partial charge in [0.25, 0.3) is 0 Å². The second kappa shape index (κ2) is 3.79. The summed E-state index contributed by atoms with van der Waals surface area (Å²) in [5.41, 5.74) is 2.76. The number of hydrogen-bond donors (Lipinski definition) is 2. The minimum Gasteiger partial charge on any atom is -0.271 e. The molecule has 0 bridgehead atoms. The highest BCUT2D eigenvalue weighted by Gasteiger charge is 2.38. The monoisotopic (exact) mass is 220 g/mol. The van der Waals surface area contributed by atoms with E-state index in [-0.39, 0.29) is 23.1 Å². The Morgan fingerprint density at radius 3 is 2.29 bits per heavy atom. The molecule has 0 spiro atoms. The molecule has 0 aromatic heterocycles. The normalized spacial score (nSPS) is 29.0. The van der Waals surface area contributed by atoms with Crippen molar-refractivity contribution in [2.45, 2.75) is 33.2 Å². The summed E-state index contributed by atoms with van der Waals surface area (Å²) in [6.07, 6.45) is 0.731. The van der Waals surface area contributed by atoms with Gasteiger partial charge in [0.2, 0.25) is 0 Å². The molecule has 5 heteroatoms. The van der Waals surface area contributed by atoms with Crippen molar-refractivity contribution in [1.29, 1.82) is 0 Å². The molecular weight excluding hydrogens is 200 g/mol. The van der Waals surface area contributed by atoms with Gasteiger partial charge < -0.3 is 0 Å². The Hall–Kier alpha value is -0.130. The molecule has 1 aliphatic rings. The van der Waals surface area contributed by atoms with Gasteiger partial charge in [0.15, 0.2) is 9.84 Å². The average Bonchev–Trinajstić information content (AvgIpc) is 2.29. The Balaban J connectivity index is 2.74. The lowest BCUT2D eigenvalue weighted by atomic mass is 9.79. The van der Waals surface area contributed by atoms with E-state index in [1.807, 2.05) is 0 Å². The van der Waals surface area contributed by atoms with Crippen LogP contribution in [-0.4, -0.2) is 26.0 Å². The first-order valence-corrected chi connectivity index (χ1v) is 6.75. The third-order valence-corrected chi connectivity index (χ3v) is 4.65. The zero-order valence-electron chi connectivity index (χ0n) is 9.08. The smallest absolute Gasteiger partial charge is 0.150 e. The number of sulfone groups is 1. The van der Waals surface area contributed by atoms with Crippen LogP contribution in [0, 0.1) is 11.3 Å². The van der Waals surface area contributed by atoms with Crippen LogP contribution in [-0.2, 0) is 9.84 Å². The first-order chi connectivity index (χ1) is 6.26. The summed E-state index contributed by atoms with van der Waals surface area (Å²) in [4.78, 5) is 0. The van der Waals surface area contributed by atoms with Gasteiger partial charge in [-0.05, 0) is 17.8 Å². The minimum absolute atomic E-state index is 0.000718. The summed E-state index contributed by atoms with van der Waals surface area (Å²) in [6.45, 7) is 6.22. The largest absolute Gasteiger partial charge is 0.271 e. The summed E-state index contributed by atoms with van der Waals surface area (Å²) < 4.78 is 22.6. The van der Waals surface area contributed by atoms with Gasteiger partial charge in [-0.15, -0.1) is 0 Å². The fraction of sp³-hybridized carbons (Fsp3) is 1.00. The maximum Gasteiger partial charge on any atom is 0.150 e. The summed E-state index contributed by atoms with van der Waals surface area (Å²) in [7, 11) is -2.81. The number of rotatable bonds is 2. The Morgan fingerprint density at radius 1 is 1.43 bits per heavy atom. The summed E-state index contributed by atoms with van der Waals surface area (Å²) >= 11 is 0. The van der Waals surface area contributed by atoms with Crippen LogP contribution in [0.25, 0.3) is 0 Å². The van der Waals surface area contributed by atoms with Crippen molar-refractivity contribution >= 4 is 9.84 Å². The molecular formula is C9H20N2O2S. The van der Waals surface area contributed by atoms with E-state index in [0.717, 1.165) is 6.42 Å². The van der Waals surface area contributed by atoms with E-state index in [4.69, 9.17) is 5.84 Å². The molecule has 4 nitrogen and oxygen atoms in total. The summed E-state index contributed by atoms with van der Waals surface area (Å²) in [6, 6.07) is 0.0692. The van der Waals surface area contributed by atoms with Gasteiger partial charge in [0, 0.05) is 6.04 Å². The Kier molecular flexibility index (Phi) is 3.23. The van der Waals surface area contributed by atoms with E-state index < -0.39 is 9.84 Å². The summed E-state index contributed by atoms with van der Waals surface area (Å²) in [5.74, 6) is 6.23. The second-order valence-corrected chi connectivity index (χ2v) is 7.40. The Morgan fingerprint density at radius 2 is 2.00 bits per heavy atom. The van der Waals surface area contributed by atoms with Gasteiger partial charge >= 0.3 is 0 Å². The van der Waals surface area contributed by atoms with Crippen LogP contribution in [0.15, 0.2) is 0 Å². The van der Waals surface area contributed by atoms with Gasteiger partial charge in [-0.1, -0.05) is 20.8 Å². The van der Waals surface area contributed by atoms with E-state index in [1.54, 1.807) is 0 Å². The molecule has 0 aromatic carbocycles. The van der Waals surface area contributed by atoms with E-state index in [9.17, 15) is 8.42 Å². The SMILES string of the molecule is CC(C)(C)C(NN)C1CCS(=O)(=O)C1. The highest BCUT2D eigenvalue weighted by Crippen LogP contribution is 2.31. The molecule has 1 rings (SSSR count). The predicted molar refractivity (Wildman–Crippen MR) is 57.3 cm³/mol. The van der Waals surface area contributed by atoms with Crippen LogP contribution in [0.4, 0.5) is 0 Å². The molecule has 0 aromatic rings. The van der Waals surface area contributed by atoms with Crippen molar-refractivity contribution in [3.8, 4) is 0 Å². The molecule has 14 heavy (non-hydrogen) atoms. The Labute approximate surface area is 86.1 Å². The molecule has 0 radical (unpaired) electrons. The quantitative estimate of drug-likeness (QED) is 0.518. The molecule has 1 heterocycles. The molecule has 84 valence electrons. The number of hydrogen-bond acceptors (Lipinski definition) is 4. The lowest BCUT2D eigenvalue weighted by Gasteiger charge is -2.34. The van der Waals surface area contributed by atoms with Crippen LogP contribution in [0.1, 0.15) is 27.2 Å². The molecule has 1 saturated heterocycles. The van der Waals surface area contributed by atoms with Gasteiger partial charge in [-0.25, -0.2) is 8.42 Å². The van der Waals surface area contributed by atoms with Crippen LogP contribution in [0.2, 0.25) is 0 Å².